The van der Waals surface area contributed by atoms with Crippen LogP contribution in [0.2, 0.25) is 0 Å². The first-order chi connectivity index (χ1) is 12.6. The lowest BCUT2D eigenvalue weighted by atomic mass is 10.0. The summed E-state index contributed by atoms with van der Waals surface area (Å²) in [5.41, 5.74) is -0.0743. The Morgan fingerprint density at radius 3 is 2.19 bits per heavy atom. The quantitative estimate of drug-likeness (QED) is 0.206. The predicted octanol–water partition coefficient (Wildman–Crippen LogP) is -0.964. The van der Waals surface area contributed by atoms with E-state index in [-0.39, 0.29) is 18.4 Å². The Balaban J connectivity index is 2.38. The largest absolute Gasteiger partial charge is 0.391 e. The summed E-state index contributed by atoms with van der Waals surface area (Å²) < 4.78 is 20.9. The highest BCUT2D eigenvalue weighted by Gasteiger charge is 2.58. The number of aliphatic hydroxyl groups excluding tert-OH is 5. The molecular formula is C16H33O10P. The van der Waals surface area contributed by atoms with Gasteiger partial charge in [-0.3, -0.25) is 0 Å². The maximum absolute atomic E-state index is 10.1. The summed E-state index contributed by atoms with van der Waals surface area (Å²) in [6.07, 6.45) is -6.53. The molecular weight excluding hydrogens is 383 g/mol. The molecule has 8 unspecified atom stereocenters. The lowest BCUT2D eigenvalue weighted by molar-refractivity contribution is -0.465. The van der Waals surface area contributed by atoms with Crippen molar-refractivity contribution >= 4 is 8.38 Å². The molecule has 1 rings (SSSR count). The van der Waals surface area contributed by atoms with Crippen molar-refractivity contribution in [1.29, 1.82) is 0 Å². The molecule has 6 N–H and O–H groups in total. The van der Waals surface area contributed by atoms with Crippen molar-refractivity contribution in [3.05, 3.63) is 0 Å². The summed E-state index contributed by atoms with van der Waals surface area (Å²) in [7, 11) is -1.73. The van der Waals surface area contributed by atoms with Crippen molar-refractivity contribution in [2.24, 2.45) is 0 Å². The van der Waals surface area contributed by atoms with E-state index in [1.54, 1.807) is 20.8 Å². The van der Waals surface area contributed by atoms with Gasteiger partial charge in [0.25, 0.3) is 0 Å². The van der Waals surface area contributed by atoms with Crippen LogP contribution in [0, 0.1) is 0 Å². The van der Waals surface area contributed by atoms with E-state index in [9.17, 15) is 30.4 Å². The summed E-state index contributed by atoms with van der Waals surface area (Å²) in [5, 5.41) is 49.2. The third-order valence-corrected chi connectivity index (χ3v) is 5.78. The molecule has 0 aromatic carbocycles. The molecule has 0 amide bonds. The standard InChI is InChI=1S/C16H33O10P/c1-5-10(4)27(22)24-7-12(19)13(20)11(18)6-23-15-14(21)16(8-17,26-15)25-9(2)3/h9-15,17-22H,5-8H2,1-4H3. The van der Waals surface area contributed by atoms with Crippen molar-refractivity contribution in [2.75, 3.05) is 19.8 Å². The van der Waals surface area contributed by atoms with Gasteiger partial charge in [0.15, 0.2) is 20.8 Å². The molecule has 1 saturated heterocycles. The zero-order valence-electron chi connectivity index (χ0n) is 16.1. The molecule has 1 fully saturated rings. The van der Waals surface area contributed by atoms with Gasteiger partial charge in [0.1, 0.15) is 24.9 Å². The molecule has 10 nitrogen and oxygen atoms in total. The molecule has 0 bridgehead atoms. The molecule has 0 aliphatic carbocycles. The summed E-state index contributed by atoms with van der Waals surface area (Å²) >= 11 is 0. The lowest BCUT2D eigenvalue weighted by Crippen LogP contribution is -2.69. The number of rotatable bonds is 13. The van der Waals surface area contributed by atoms with Gasteiger partial charge >= 0.3 is 0 Å². The Morgan fingerprint density at radius 2 is 1.70 bits per heavy atom. The zero-order valence-corrected chi connectivity index (χ0v) is 17.0. The molecule has 0 radical (unpaired) electrons. The first-order valence-electron chi connectivity index (χ1n) is 8.99. The molecule has 27 heavy (non-hydrogen) atoms. The van der Waals surface area contributed by atoms with Gasteiger partial charge in [-0.05, 0) is 20.3 Å². The Kier molecular flexibility index (Phi) is 10.5. The minimum atomic E-state index is -1.73. The maximum Gasteiger partial charge on any atom is 0.226 e. The predicted molar refractivity (Wildman–Crippen MR) is 95.7 cm³/mol. The fraction of sp³-hybridized carbons (Fsp3) is 1.00. The van der Waals surface area contributed by atoms with E-state index in [4.69, 9.17) is 18.7 Å². The first kappa shape index (κ1) is 25.1. The van der Waals surface area contributed by atoms with Crippen molar-refractivity contribution < 1.29 is 49.2 Å². The van der Waals surface area contributed by atoms with Gasteiger partial charge in [-0.1, -0.05) is 13.8 Å². The van der Waals surface area contributed by atoms with E-state index in [1.165, 1.54) is 0 Å². The van der Waals surface area contributed by atoms with E-state index in [2.05, 4.69) is 0 Å². The van der Waals surface area contributed by atoms with Crippen LogP contribution in [0.1, 0.15) is 34.1 Å². The normalized spacial score (nSPS) is 31.2. The Hall–Kier alpha value is 0.0300. The Labute approximate surface area is 160 Å². The maximum atomic E-state index is 10.1. The second kappa shape index (κ2) is 11.3. The molecule has 1 aliphatic rings. The van der Waals surface area contributed by atoms with Crippen LogP contribution in [-0.4, -0.2) is 98.5 Å². The smallest absolute Gasteiger partial charge is 0.226 e. The molecule has 0 spiro atoms. The van der Waals surface area contributed by atoms with Gasteiger partial charge in [0, 0.05) is 5.66 Å². The SMILES string of the molecule is CCC(C)P(O)OCC(O)C(O)C(O)COC1OC(CO)(OC(C)C)C1O. The summed E-state index contributed by atoms with van der Waals surface area (Å²) in [6, 6.07) is 0. The molecule has 11 heteroatoms. The average Bonchev–Trinajstić information content (AvgIpc) is 2.65. The molecule has 162 valence electrons. The number of aliphatic hydroxyl groups is 5. The van der Waals surface area contributed by atoms with Crippen LogP contribution in [-0.2, 0) is 18.7 Å². The van der Waals surface area contributed by atoms with Crippen molar-refractivity contribution in [1.82, 2.24) is 0 Å². The van der Waals surface area contributed by atoms with Crippen LogP contribution in [0.3, 0.4) is 0 Å². The number of ether oxygens (including phenoxy) is 3. The second-order valence-electron chi connectivity index (χ2n) is 6.88. The molecule has 0 aromatic heterocycles. The highest BCUT2D eigenvalue weighted by Crippen LogP contribution is 2.39. The zero-order chi connectivity index (χ0) is 20.8. The van der Waals surface area contributed by atoms with Gasteiger partial charge in [-0.2, -0.15) is 0 Å². The van der Waals surface area contributed by atoms with Crippen LogP contribution in [0.5, 0.6) is 0 Å². The van der Waals surface area contributed by atoms with Crippen molar-refractivity contribution in [2.45, 2.75) is 82.4 Å². The molecule has 1 aliphatic heterocycles. The fourth-order valence-corrected chi connectivity index (χ4v) is 3.21. The van der Waals surface area contributed by atoms with Gasteiger partial charge in [0.2, 0.25) is 5.79 Å². The van der Waals surface area contributed by atoms with Crippen LogP contribution in [0.25, 0.3) is 0 Å². The Bertz CT molecular complexity index is 428. The summed E-state index contributed by atoms with van der Waals surface area (Å²) in [5.74, 6) is -1.58. The van der Waals surface area contributed by atoms with E-state index >= 15 is 0 Å². The van der Waals surface area contributed by atoms with Crippen LogP contribution in [0.4, 0.5) is 0 Å². The monoisotopic (exact) mass is 416 g/mol. The first-order valence-corrected chi connectivity index (χ1v) is 10.3. The van der Waals surface area contributed by atoms with E-state index < -0.39 is 58.1 Å². The van der Waals surface area contributed by atoms with E-state index in [1.807, 2.05) is 6.92 Å². The molecule has 0 aromatic rings. The summed E-state index contributed by atoms with van der Waals surface area (Å²) in [6.45, 7) is 5.76. The average molecular weight is 416 g/mol. The van der Waals surface area contributed by atoms with Gasteiger partial charge in [-0.15, -0.1) is 0 Å². The van der Waals surface area contributed by atoms with Crippen LogP contribution < -0.4 is 0 Å². The van der Waals surface area contributed by atoms with Gasteiger partial charge in [0.05, 0.1) is 19.3 Å². The van der Waals surface area contributed by atoms with E-state index in [0.717, 1.165) is 0 Å². The summed E-state index contributed by atoms with van der Waals surface area (Å²) in [4.78, 5) is 9.75. The highest BCUT2D eigenvalue weighted by atomic mass is 31.2. The topological polar surface area (TPSA) is 158 Å². The molecule has 0 saturated carbocycles. The third kappa shape index (κ3) is 6.80. The minimum Gasteiger partial charge on any atom is -0.391 e. The number of hydrogen-bond donors (Lipinski definition) is 6. The highest BCUT2D eigenvalue weighted by molar-refractivity contribution is 7.46. The van der Waals surface area contributed by atoms with E-state index in [0.29, 0.717) is 6.42 Å². The van der Waals surface area contributed by atoms with Crippen LogP contribution >= 0.6 is 8.38 Å². The second-order valence-corrected chi connectivity index (χ2v) is 8.63. The van der Waals surface area contributed by atoms with Gasteiger partial charge in [-0.25, -0.2) is 0 Å². The van der Waals surface area contributed by atoms with Crippen LogP contribution in [0.15, 0.2) is 0 Å². The molecule has 1 heterocycles. The molecule has 8 atom stereocenters. The Morgan fingerprint density at radius 1 is 1.11 bits per heavy atom. The fourth-order valence-electron chi connectivity index (χ4n) is 2.34. The minimum absolute atomic E-state index is 0.0743. The number of hydrogen-bond acceptors (Lipinski definition) is 10. The lowest BCUT2D eigenvalue weighted by Gasteiger charge is -2.50. The third-order valence-electron chi connectivity index (χ3n) is 4.24. The van der Waals surface area contributed by atoms with Gasteiger partial charge < -0.3 is 49.2 Å². The van der Waals surface area contributed by atoms with Crippen molar-refractivity contribution in [3.63, 3.8) is 0 Å². The van der Waals surface area contributed by atoms with Crippen molar-refractivity contribution in [3.8, 4) is 0 Å².